The first-order valence-electron chi connectivity index (χ1n) is 6.44. The van der Waals surface area contributed by atoms with Crippen LogP contribution in [0.1, 0.15) is 51.3 Å². The van der Waals surface area contributed by atoms with Crippen molar-refractivity contribution >= 4 is 5.82 Å². The number of pyridine rings is 1. The van der Waals surface area contributed by atoms with Gasteiger partial charge in [-0.2, -0.15) is 0 Å². The van der Waals surface area contributed by atoms with E-state index in [0.717, 1.165) is 25.1 Å². The van der Waals surface area contributed by atoms with Crippen LogP contribution < -0.4 is 5.32 Å². The van der Waals surface area contributed by atoms with Crippen LogP contribution in [0.2, 0.25) is 0 Å². The number of aromatic nitrogens is 1. The van der Waals surface area contributed by atoms with E-state index in [1.54, 1.807) is 0 Å². The lowest BCUT2D eigenvalue weighted by atomic mass is 9.95. The summed E-state index contributed by atoms with van der Waals surface area (Å²) in [5.74, 6) is 1.05. The zero-order valence-electron chi connectivity index (χ0n) is 10.6. The molecule has 88 valence electrons. The third kappa shape index (κ3) is 2.21. The minimum Gasteiger partial charge on any atom is -0.365 e. The van der Waals surface area contributed by atoms with Crippen molar-refractivity contribution in [2.24, 2.45) is 0 Å². The number of fused-ring (bicyclic) bond motifs is 1. The third-order valence-corrected chi connectivity index (χ3v) is 3.92. The molecule has 0 saturated heterocycles. The number of rotatable bonds is 4. The molecule has 0 amide bonds. The highest BCUT2D eigenvalue weighted by Gasteiger charge is 2.20. The van der Waals surface area contributed by atoms with E-state index in [1.807, 2.05) is 0 Å². The zero-order valence-corrected chi connectivity index (χ0v) is 10.6. The molecule has 1 aliphatic carbocycles. The molecule has 0 spiro atoms. The van der Waals surface area contributed by atoms with Gasteiger partial charge in [-0.05, 0) is 50.7 Å². The minimum absolute atomic E-state index is 0.180. The van der Waals surface area contributed by atoms with Gasteiger partial charge in [0.05, 0.1) is 0 Å². The molecule has 0 atom stereocenters. The van der Waals surface area contributed by atoms with Gasteiger partial charge in [0, 0.05) is 11.2 Å². The van der Waals surface area contributed by atoms with Gasteiger partial charge in [-0.15, -0.1) is 0 Å². The first-order valence-corrected chi connectivity index (χ1v) is 6.44. The van der Waals surface area contributed by atoms with Crippen LogP contribution in [0.25, 0.3) is 0 Å². The second kappa shape index (κ2) is 4.44. The summed E-state index contributed by atoms with van der Waals surface area (Å²) in [6.07, 6.45) is 5.89. The minimum atomic E-state index is 0.180. The Hall–Kier alpha value is -1.05. The summed E-state index contributed by atoms with van der Waals surface area (Å²) >= 11 is 0. The van der Waals surface area contributed by atoms with Crippen molar-refractivity contribution in [3.63, 3.8) is 0 Å². The van der Waals surface area contributed by atoms with Gasteiger partial charge in [-0.25, -0.2) is 4.98 Å². The number of anilines is 1. The normalized spacial score (nSPS) is 14.9. The van der Waals surface area contributed by atoms with Crippen LogP contribution in [0.3, 0.4) is 0 Å². The van der Waals surface area contributed by atoms with Crippen LogP contribution >= 0.6 is 0 Å². The molecular weight excluding hydrogens is 196 g/mol. The maximum absolute atomic E-state index is 4.72. The van der Waals surface area contributed by atoms with Gasteiger partial charge in [0.2, 0.25) is 0 Å². The molecule has 0 aromatic carbocycles. The summed E-state index contributed by atoms with van der Waals surface area (Å²) in [7, 11) is 0. The number of hydrogen-bond donors (Lipinski definition) is 1. The van der Waals surface area contributed by atoms with E-state index in [9.17, 15) is 0 Å². The Kier molecular flexibility index (Phi) is 3.17. The molecule has 1 N–H and O–H groups in total. The quantitative estimate of drug-likeness (QED) is 0.835. The van der Waals surface area contributed by atoms with Crippen LogP contribution in [0.5, 0.6) is 0 Å². The number of aryl methyl sites for hydroxylation is 2. The largest absolute Gasteiger partial charge is 0.365 e. The molecular formula is C14H22N2. The molecule has 1 aromatic heterocycles. The van der Waals surface area contributed by atoms with E-state index in [-0.39, 0.29) is 5.54 Å². The van der Waals surface area contributed by atoms with Crippen molar-refractivity contribution in [2.75, 3.05) is 5.32 Å². The van der Waals surface area contributed by atoms with E-state index in [4.69, 9.17) is 4.98 Å². The van der Waals surface area contributed by atoms with Crippen molar-refractivity contribution in [2.45, 2.75) is 58.4 Å². The molecule has 0 radical (unpaired) electrons. The molecule has 1 heterocycles. The average Bonchev–Trinajstić information content (AvgIpc) is 2.76. The van der Waals surface area contributed by atoms with Crippen LogP contribution in [0.4, 0.5) is 5.82 Å². The lowest BCUT2D eigenvalue weighted by Gasteiger charge is -2.29. The first-order chi connectivity index (χ1) is 7.67. The molecule has 0 saturated carbocycles. The van der Waals surface area contributed by atoms with E-state index >= 15 is 0 Å². The molecule has 0 fully saturated rings. The maximum Gasteiger partial charge on any atom is 0.126 e. The fourth-order valence-corrected chi connectivity index (χ4v) is 2.23. The van der Waals surface area contributed by atoms with E-state index in [1.165, 1.54) is 24.1 Å². The third-order valence-electron chi connectivity index (χ3n) is 3.92. The Morgan fingerprint density at radius 2 is 2.00 bits per heavy atom. The predicted octanol–water partition coefficient (Wildman–Crippen LogP) is 3.56. The zero-order chi connectivity index (χ0) is 11.6. The average molecular weight is 218 g/mol. The van der Waals surface area contributed by atoms with Crippen molar-refractivity contribution in [1.82, 2.24) is 4.98 Å². The van der Waals surface area contributed by atoms with Gasteiger partial charge in [0.1, 0.15) is 5.82 Å². The van der Waals surface area contributed by atoms with Crippen molar-refractivity contribution in [3.8, 4) is 0 Å². The highest BCUT2D eigenvalue weighted by molar-refractivity contribution is 5.42. The fraction of sp³-hybridized carbons (Fsp3) is 0.643. The smallest absolute Gasteiger partial charge is 0.126 e. The van der Waals surface area contributed by atoms with Gasteiger partial charge >= 0.3 is 0 Å². The Morgan fingerprint density at radius 1 is 1.25 bits per heavy atom. The van der Waals surface area contributed by atoms with E-state index < -0.39 is 0 Å². The Bertz CT molecular complexity index is 367. The Balaban J connectivity index is 2.16. The highest BCUT2D eigenvalue weighted by atomic mass is 15.0. The van der Waals surface area contributed by atoms with Gasteiger partial charge in [-0.1, -0.05) is 19.9 Å². The highest BCUT2D eigenvalue weighted by Crippen LogP contribution is 2.25. The van der Waals surface area contributed by atoms with Gasteiger partial charge in [-0.3, -0.25) is 0 Å². The van der Waals surface area contributed by atoms with Crippen molar-refractivity contribution in [3.05, 3.63) is 23.4 Å². The molecule has 0 unspecified atom stereocenters. The summed E-state index contributed by atoms with van der Waals surface area (Å²) < 4.78 is 0. The molecule has 2 heteroatoms. The molecule has 1 aliphatic rings. The number of nitrogens with one attached hydrogen (secondary N) is 1. The lowest BCUT2D eigenvalue weighted by Crippen LogP contribution is -2.33. The standard InChI is InChI=1S/C14H22N2/c1-4-14(3,5-2)16-13-10-9-11-7-6-8-12(11)15-13/h9-10H,4-8H2,1-3H3,(H,15,16). The molecule has 2 rings (SSSR count). The monoisotopic (exact) mass is 218 g/mol. The van der Waals surface area contributed by atoms with Crippen LogP contribution in [0, 0.1) is 0 Å². The van der Waals surface area contributed by atoms with Crippen LogP contribution in [-0.4, -0.2) is 10.5 Å². The lowest BCUT2D eigenvalue weighted by molar-refractivity contribution is 0.476. The van der Waals surface area contributed by atoms with E-state index in [2.05, 4.69) is 38.2 Å². The molecule has 16 heavy (non-hydrogen) atoms. The maximum atomic E-state index is 4.72. The van der Waals surface area contributed by atoms with Crippen molar-refractivity contribution in [1.29, 1.82) is 0 Å². The molecule has 0 bridgehead atoms. The summed E-state index contributed by atoms with van der Waals surface area (Å²) in [6.45, 7) is 6.72. The van der Waals surface area contributed by atoms with Gasteiger partial charge in [0.15, 0.2) is 0 Å². The van der Waals surface area contributed by atoms with Crippen LogP contribution in [-0.2, 0) is 12.8 Å². The number of hydrogen-bond acceptors (Lipinski definition) is 2. The van der Waals surface area contributed by atoms with Gasteiger partial charge < -0.3 is 5.32 Å². The summed E-state index contributed by atoms with van der Waals surface area (Å²) in [5, 5.41) is 3.57. The first kappa shape index (κ1) is 11.4. The topological polar surface area (TPSA) is 24.9 Å². The Morgan fingerprint density at radius 3 is 2.69 bits per heavy atom. The van der Waals surface area contributed by atoms with Gasteiger partial charge in [0.25, 0.3) is 0 Å². The SMILES string of the molecule is CCC(C)(CC)Nc1ccc2c(n1)CCC2. The van der Waals surface area contributed by atoms with E-state index in [0.29, 0.717) is 0 Å². The molecule has 2 nitrogen and oxygen atoms in total. The second-order valence-electron chi connectivity index (χ2n) is 5.05. The van der Waals surface area contributed by atoms with Crippen LogP contribution in [0.15, 0.2) is 12.1 Å². The van der Waals surface area contributed by atoms with Crippen molar-refractivity contribution < 1.29 is 0 Å². The summed E-state index contributed by atoms with van der Waals surface area (Å²) in [4.78, 5) is 4.72. The predicted molar refractivity (Wildman–Crippen MR) is 68.9 cm³/mol. The summed E-state index contributed by atoms with van der Waals surface area (Å²) in [5.41, 5.74) is 2.93. The molecule has 0 aliphatic heterocycles. The Labute approximate surface area is 98.5 Å². The summed E-state index contributed by atoms with van der Waals surface area (Å²) in [6, 6.07) is 4.37. The fourth-order valence-electron chi connectivity index (χ4n) is 2.23. The second-order valence-corrected chi connectivity index (χ2v) is 5.05. The molecule has 1 aromatic rings. The number of nitrogens with zero attached hydrogens (tertiary/aromatic N) is 1.